The van der Waals surface area contributed by atoms with Gasteiger partial charge in [-0.2, -0.15) is 5.10 Å². The van der Waals surface area contributed by atoms with Crippen LogP contribution in [0.2, 0.25) is 5.02 Å². The molecule has 2 aromatic rings. The van der Waals surface area contributed by atoms with Gasteiger partial charge < -0.3 is 5.73 Å². The van der Waals surface area contributed by atoms with E-state index in [0.717, 1.165) is 21.3 Å². The quantitative estimate of drug-likeness (QED) is 0.925. The fourth-order valence-corrected chi connectivity index (χ4v) is 2.78. The molecule has 0 spiro atoms. The maximum absolute atomic E-state index is 6.23. The van der Waals surface area contributed by atoms with E-state index in [2.05, 4.69) is 27.1 Å². The van der Waals surface area contributed by atoms with Crippen molar-refractivity contribution in [3.05, 3.63) is 50.7 Å². The van der Waals surface area contributed by atoms with Gasteiger partial charge >= 0.3 is 0 Å². The lowest BCUT2D eigenvalue weighted by Gasteiger charge is -2.14. The molecule has 2 rings (SSSR count). The Balaban J connectivity index is 2.47. The minimum absolute atomic E-state index is 0.272. The Bertz CT molecular complexity index is 511. The zero-order valence-corrected chi connectivity index (χ0v) is 12.0. The second kappa shape index (κ2) is 4.80. The van der Waals surface area contributed by atoms with E-state index in [9.17, 15) is 0 Å². The zero-order valence-electron chi connectivity index (χ0n) is 9.61. The van der Waals surface area contributed by atoms with Gasteiger partial charge in [0.05, 0.1) is 23.0 Å². The van der Waals surface area contributed by atoms with E-state index in [-0.39, 0.29) is 6.04 Å². The molecule has 17 heavy (non-hydrogen) atoms. The number of hydrogen-bond donors (Lipinski definition) is 1. The lowest BCUT2D eigenvalue weighted by molar-refractivity contribution is 0.673. The van der Waals surface area contributed by atoms with E-state index in [1.54, 1.807) is 10.9 Å². The first-order valence-electron chi connectivity index (χ1n) is 5.19. The largest absolute Gasteiger partial charge is 0.319 e. The highest BCUT2D eigenvalue weighted by molar-refractivity contribution is 9.10. The number of rotatable bonds is 2. The summed E-state index contributed by atoms with van der Waals surface area (Å²) in [6.07, 6.45) is 1.61. The van der Waals surface area contributed by atoms with E-state index in [1.165, 1.54) is 0 Å². The number of hydrogen-bond acceptors (Lipinski definition) is 2. The van der Waals surface area contributed by atoms with Crippen molar-refractivity contribution in [2.75, 3.05) is 0 Å². The number of aromatic nitrogens is 2. The summed E-state index contributed by atoms with van der Waals surface area (Å²) in [6, 6.07) is 5.83. The summed E-state index contributed by atoms with van der Waals surface area (Å²) in [7, 11) is 1.84. The first-order valence-corrected chi connectivity index (χ1v) is 6.36. The highest BCUT2D eigenvalue weighted by atomic mass is 79.9. The van der Waals surface area contributed by atoms with Crippen molar-refractivity contribution >= 4 is 27.5 Å². The van der Waals surface area contributed by atoms with Gasteiger partial charge in [0.25, 0.3) is 0 Å². The SMILES string of the molecule is Cc1cc(Br)cc(C(N)c2c(Cl)cnn2C)c1. The van der Waals surface area contributed by atoms with Crippen LogP contribution < -0.4 is 5.73 Å². The average Bonchev–Trinajstić information content (AvgIpc) is 2.56. The molecule has 0 saturated heterocycles. The van der Waals surface area contributed by atoms with Crippen LogP contribution in [0.1, 0.15) is 22.9 Å². The van der Waals surface area contributed by atoms with E-state index in [4.69, 9.17) is 17.3 Å². The van der Waals surface area contributed by atoms with Crippen LogP contribution in [0.25, 0.3) is 0 Å². The molecule has 5 heteroatoms. The van der Waals surface area contributed by atoms with Crippen molar-refractivity contribution in [2.24, 2.45) is 12.8 Å². The van der Waals surface area contributed by atoms with Crippen LogP contribution in [-0.4, -0.2) is 9.78 Å². The molecule has 1 unspecified atom stereocenters. The molecule has 1 aromatic heterocycles. The normalized spacial score (nSPS) is 12.8. The standard InChI is InChI=1S/C12H13BrClN3/c1-7-3-8(5-9(13)4-7)11(15)12-10(14)6-16-17(12)2/h3-6,11H,15H2,1-2H3. The maximum atomic E-state index is 6.23. The third-order valence-electron chi connectivity index (χ3n) is 2.66. The summed E-state index contributed by atoms with van der Waals surface area (Å²) >= 11 is 9.56. The van der Waals surface area contributed by atoms with Crippen LogP contribution in [0.15, 0.2) is 28.9 Å². The lowest BCUT2D eigenvalue weighted by Crippen LogP contribution is -2.16. The van der Waals surface area contributed by atoms with Gasteiger partial charge in [0, 0.05) is 11.5 Å². The Labute approximate surface area is 114 Å². The molecule has 1 atom stereocenters. The van der Waals surface area contributed by atoms with Gasteiger partial charge in [0.15, 0.2) is 0 Å². The Morgan fingerprint density at radius 2 is 2.12 bits per heavy atom. The molecular formula is C12H13BrClN3. The second-order valence-corrected chi connectivity index (χ2v) is 5.36. The number of nitrogens with two attached hydrogens (primary N) is 1. The number of halogens is 2. The molecule has 0 aliphatic rings. The van der Waals surface area contributed by atoms with Crippen molar-refractivity contribution in [3.8, 4) is 0 Å². The van der Waals surface area contributed by atoms with Gasteiger partial charge in [-0.25, -0.2) is 0 Å². The van der Waals surface area contributed by atoms with Gasteiger partial charge in [-0.3, -0.25) is 4.68 Å². The van der Waals surface area contributed by atoms with Crippen LogP contribution in [0.4, 0.5) is 0 Å². The summed E-state index contributed by atoms with van der Waals surface area (Å²) in [6.45, 7) is 2.03. The maximum Gasteiger partial charge on any atom is 0.0837 e. The molecule has 0 radical (unpaired) electrons. The molecule has 0 bridgehead atoms. The van der Waals surface area contributed by atoms with Gasteiger partial charge in [0.1, 0.15) is 0 Å². The fourth-order valence-electron chi connectivity index (χ4n) is 1.87. The van der Waals surface area contributed by atoms with E-state index < -0.39 is 0 Å². The van der Waals surface area contributed by atoms with E-state index in [0.29, 0.717) is 5.02 Å². The highest BCUT2D eigenvalue weighted by Gasteiger charge is 2.17. The Morgan fingerprint density at radius 1 is 1.41 bits per heavy atom. The second-order valence-electron chi connectivity index (χ2n) is 4.04. The Morgan fingerprint density at radius 3 is 2.65 bits per heavy atom. The lowest BCUT2D eigenvalue weighted by atomic mass is 10.0. The summed E-state index contributed by atoms with van der Waals surface area (Å²) in [5, 5.41) is 4.70. The van der Waals surface area contributed by atoms with Crippen LogP contribution >= 0.6 is 27.5 Å². The third-order valence-corrected chi connectivity index (χ3v) is 3.40. The summed E-state index contributed by atoms with van der Waals surface area (Å²) in [4.78, 5) is 0. The van der Waals surface area contributed by atoms with Gasteiger partial charge in [-0.1, -0.05) is 33.6 Å². The predicted molar refractivity (Wildman–Crippen MR) is 73.1 cm³/mol. The molecule has 90 valence electrons. The first kappa shape index (κ1) is 12.6. The summed E-state index contributed by atoms with van der Waals surface area (Å²) in [5.41, 5.74) is 9.23. The van der Waals surface area contributed by atoms with Crippen molar-refractivity contribution in [1.29, 1.82) is 0 Å². The molecule has 1 aromatic carbocycles. The predicted octanol–water partition coefficient (Wildman–Crippen LogP) is 3.19. The van der Waals surface area contributed by atoms with E-state index in [1.807, 2.05) is 26.1 Å². The average molecular weight is 315 g/mol. The summed E-state index contributed by atoms with van der Waals surface area (Å²) in [5.74, 6) is 0. The highest BCUT2D eigenvalue weighted by Crippen LogP contribution is 2.28. The summed E-state index contributed by atoms with van der Waals surface area (Å²) < 4.78 is 2.73. The number of aryl methyl sites for hydroxylation is 2. The third kappa shape index (κ3) is 2.54. The van der Waals surface area contributed by atoms with Gasteiger partial charge in [0.2, 0.25) is 0 Å². The van der Waals surface area contributed by atoms with Crippen LogP contribution in [0, 0.1) is 6.92 Å². The molecule has 0 saturated carbocycles. The molecule has 0 fully saturated rings. The monoisotopic (exact) mass is 313 g/mol. The molecular weight excluding hydrogens is 302 g/mol. The smallest absolute Gasteiger partial charge is 0.0837 e. The zero-order chi connectivity index (χ0) is 12.6. The molecule has 3 nitrogen and oxygen atoms in total. The van der Waals surface area contributed by atoms with E-state index >= 15 is 0 Å². The van der Waals surface area contributed by atoms with Crippen molar-refractivity contribution in [2.45, 2.75) is 13.0 Å². The minimum Gasteiger partial charge on any atom is -0.319 e. The molecule has 2 N–H and O–H groups in total. The topological polar surface area (TPSA) is 43.8 Å². The van der Waals surface area contributed by atoms with Crippen LogP contribution in [0.5, 0.6) is 0 Å². The molecule has 1 heterocycles. The van der Waals surface area contributed by atoms with Crippen molar-refractivity contribution < 1.29 is 0 Å². The molecule has 0 aliphatic heterocycles. The molecule has 0 amide bonds. The Hall–Kier alpha value is -0.840. The first-order chi connectivity index (χ1) is 7.99. The van der Waals surface area contributed by atoms with Gasteiger partial charge in [-0.05, 0) is 30.2 Å². The fraction of sp³-hybridized carbons (Fsp3) is 0.250. The molecule has 0 aliphatic carbocycles. The van der Waals surface area contributed by atoms with Crippen molar-refractivity contribution in [3.63, 3.8) is 0 Å². The van der Waals surface area contributed by atoms with Gasteiger partial charge in [-0.15, -0.1) is 0 Å². The van der Waals surface area contributed by atoms with Crippen LogP contribution in [0.3, 0.4) is 0 Å². The minimum atomic E-state index is -0.272. The van der Waals surface area contributed by atoms with Crippen LogP contribution in [-0.2, 0) is 7.05 Å². The number of nitrogens with zero attached hydrogens (tertiary/aromatic N) is 2. The van der Waals surface area contributed by atoms with Crippen molar-refractivity contribution in [1.82, 2.24) is 9.78 Å². The Kier molecular flexibility index (Phi) is 3.56. The number of benzene rings is 1.